The van der Waals surface area contributed by atoms with Crippen molar-refractivity contribution < 1.29 is 9.79 Å². The first-order chi connectivity index (χ1) is 12.9. The summed E-state index contributed by atoms with van der Waals surface area (Å²) in [7, 11) is 0. The maximum absolute atomic E-state index is 12.9. The van der Waals surface area contributed by atoms with Crippen LogP contribution in [-0.4, -0.2) is 21.7 Å². The number of nitrogens with zero attached hydrogens (tertiary/aromatic N) is 2. The Hall–Kier alpha value is -3.25. The average molecular weight is 381 g/mol. The number of hydrogen-bond acceptors (Lipinski definition) is 3. The van der Waals surface area contributed by atoms with Crippen molar-refractivity contribution in [2.75, 3.05) is 5.32 Å². The number of rotatable bonds is 4. The Labute approximate surface area is 162 Å². The highest BCUT2D eigenvalue weighted by molar-refractivity contribution is 6.31. The summed E-state index contributed by atoms with van der Waals surface area (Å²) in [5, 5.41) is 3.46. The molecule has 3 aromatic rings. The van der Waals surface area contributed by atoms with E-state index in [-0.39, 0.29) is 11.7 Å². The van der Waals surface area contributed by atoms with Crippen LogP contribution in [0.2, 0.25) is 5.02 Å². The van der Waals surface area contributed by atoms with Crippen LogP contribution in [0.25, 0.3) is 0 Å². The van der Waals surface area contributed by atoms with Crippen molar-refractivity contribution in [3.05, 3.63) is 82.1 Å². The van der Waals surface area contributed by atoms with Gasteiger partial charge in [-0.1, -0.05) is 41.9 Å². The maximum Gasteiger partial charge on any atom is 0.354 e. The van der Waals surface area contributed by atoms with Crippen LogP contribution in [0.15, 0.2) is 54.6 Å². The predicted molar refractivity (Wildman–Crippen MR) is 106 cm³/mol. The number of benzene rings is 2. The van der Waals surface area contributed by atoms with Crippen molar-refractivity contribution in [2.45, 2.75) is 13.8 Å². The standard InChI is InChI=1S/C20H18ClN5O/c1-12-10-13(2)24-20(23-12)26-19(22)25-17-9-8-15(21)11-16(17)18(27)14-6-4-3-5-7-14/h3-11H,1-2H3,(H3,22,23,24,25,26)/p+1. The zero-order chi connectivity index (χ0) is 19.4. The molecule has 1 heterocycles. The Kier molecular flexibility index (Phi) is 5.47. The largest absolute Gasteiger partial charge is 0.354 e. The molecule has 3 rings (SSSR count). The summed E-state index contributed by atoms with van der Waals surface area (Å²) < 4.78 is 0. The number of ketones is 1. The van der Waals surface area contributed by atoms with E-state index in [2.05, 4.69) is 20.3 Å². The van der Waals surface area contributed by atoms with E-state index in [0.717, 1.165) is 11.4 Å². The van der Waals surface area contributed by atoms with Crippen LogP contribution in [0.5, 0.6) is 0 Å². The van der Waals surface area contributed by atoms with Gasteiger partial charge in [-0.3, -0.25) is 10.1 Å². The number of nitrogens with one attached hydrogen (secondary N) is 2. The van der Waals surface area contributed by atoms with E-state index in [1.54, 1.807) is 30.3 Å². The van der Waals surface area contributed by atoms with Gasteiger partial charge >= 0.3 is 5.95 Å². The summed E-state index contributed by atoms with van der Waals surface area (Å²) in [5.74, 6) is 0.419. The van der Waals surface area contributed by atoms with Gasteiger partial charge in [-0.15, -0.1) is 9.97 Å². The van der Waals surface area contributed by atoms with Gasteiger partial charge in [0.05, 0.1) is 22.6 Å². The summed E-state index contributed by atoms with van der Waals surface area (Å²) in [6, 6.07) is 15.8. The molecule has 0 radical (unpaired) electrons. The molecule has 6 nitrogen and oxygen atoms in total. The molecule has 0 atom stereocenters. The number of carbonyl (C=O) groups excluding carboxylic acids is 1. The lowest BCUT2D eigenvalue weighted by atomic mass is 10.0. The SMILES string of the molecule is Cc1cc(C)nc([NH+]=C(N)Nc2ccc(Cl)cc2C(=O)c2ccccc2)n1. The van der Waals surface area contributed by atoms with Crippen LogP contribution in [0, 0.1) is 13.8 Å². The van der Waals surface area contributed by atoms with Gasteiger partial charge in [-0.05, 0) is 32.0 Å². The number of aryl methyl sites for hydroxylation is 2. The third-order valence-corrected chi connectivity index (χ3v) is 4.00. The lowest BCUT2D eigenvalue weighted by molar-refractivity contribution is -0.365. The highest BCUT2D eigenvalue weighted by atomic mass is 35.5. The average Bonchev–Trinajstić information content (AvgIpc) is 2.62. The van der Waals surface area contributed by atoms with Crippen LogP contribution in [-0.2, 0) is 0 Å². The monoisotopic (exact) mass is 380 g/mol. The fourth-order valence-electron chi connectivity index (χ4n) is 2.64. The highest BCUT2D eigenvalue weighted by Gasteiger charge is 2.16. The van der Waals surface area contributed by atoms with Gasteiger partial charge in [0, 0.05) is 16.7 Å². The lowest BCUT2D eigenvalue weighted by Gasteiger charge is -2.09. The smallest absolute Gasteiger partial charge is 0.322 e. The van der Waals surface area contributed by atoms with Crippen LogP contribution >= 0.6 is 11.6 Å². The van der Waals surface area contributed by atoms with Crippen LogP contribution in [0.3, 0.4) is 0 Å². The van der Waals surface area contributed by atoms with Crippen LogP contribution < -0.4 is 16.0 Å². The summed E-state index contributed by atoms with van der Waals surface area (Å²) in [4.78, 5) is 24.3. The van der Waals surface area contributed by atoms with Crippen molar-refractivity contribution in [1.29, 1.82) is 0 Å². The van der Waals surface area contributed by atoms with Crippen molar-refractivity contribution in [1.82, 2.24) is 9.97 Å². The molecule has 136 valence electrons. The Morgan fingerprint density at radius 1 is 1.04 bits per heavy atom. The number of hydrogen-bond donors (Lipinski definition) is 3. The quantitative estimate of drug-likeness (QED) is 0.366. The second-order valence-corrected chi connectivity index (χ2v) is 6.46. The van der Waals surface area contributed by atoms with Gasteiger partial charge in [-0.2, -0.15) is 0 Å². The van der Waals surface area contributed by atoms with Gasteiger partial charge in [-0.25, -0.2) is 4.99 Å². The number of nitrogens with two attached hydrogens (primary N) is 1. The van der Waals surface area contributed by atoms with Crippen molar-refractivity contribution >= 4 is 35.0 Å². The van der Waals surface area contributed by atoms with E-state index in [4.69, 9.17) is 17.3 Å². The van der Waals surface area contributed by atoms with Gasteiger partial charge in [0.1, 0.15) is 0 Å². The zero-order valence-electron chi connectivity index (χ0n) is 15.0. The lowest BCUT2D eigenvalue weighted by Crippen LogP contribution is -2.72. The summed E-state index contributed by atoms with van der Waals surface area (Å²) in [6.45, 7) is 3.75. The molecule has 4 N–H and O–H groups in total. The van der Waals surface area contributed by atoms with Gasteiger partial charge in [0.25, 0.3) is 5.96 Å². The molecule has 0 amide bonds. The molecule has 0 aliphatic carbocycles. The fourth-order valence-corrected chi connectivity index (χ4v) is 2.81. The number of aromatic nitrogens is 2. The molecule has 0 bridgehead atoms. The molecule has 0 unspecified atom stereocenters. The van der Waals surface area contributed by atoms with Crippen molar-refractivity contribution in [3.8, 4) is 0 Å². The Morgan fingerprint density at radius 2 is 1.70 bits per heavy atom. The minimum absolute atomic E-state index is 0.156. The molecule has 1 aromatic heterocycles. The van der Waals surface area contributed by atoms with Gasteiger partial charge < -0.3 is 5.73 Å². The Morgan fingerprint density at radius 3 is 2.37 bits per heavy atom. The van der Waals surface area contributed by atoms with E-state index in [1.165, 1.54) is 0 Å². The number of guanidine groups is 1. The molecule has 27 heavy (non-hydrogen) atoms. The Balaban J connectivity index is 1.93. The zero-order valence-corrected chi connectivity index (χ0v) is 15.7. The first kappa shape index (κ1) is 18.5. The fraction of sp³-hybridized carbons (Fsp3) is 0.100. The summed E-state index contributed by atoms with van der Waals surface area (Å²) in [5.41, 5.74) is 9.21. The van der Waals surface area contributed by atoms with Crippen molar-refractivity contribution in [3.63, 3.8) is 0 Å². The number of halogens is 1. The first-order valence-corrected chi connectivity index (χ1v) is 8.68. The van der Waals surface area contributed by atoms with Gasteiger partial charge in [0.2, 0.25) is 0 Å². The van der Waals surface area contributed by atoms with E-state index < -0.39 is 0 Å². The minimum atomic E-state index is -0.156. The summed E-state index contributed by atoms with van der Waals surface area (Å²) in [6.07, 6.45) is 0. The third-order valence-electron chi connectivity index (χ3n) is 3.76. The minimum Gasteiger partial charge on any atom is -0.322 e. The molecular weight excluding hydrogens is 362 g/mol. The van der Waals surface area contributed by atoms with Gasteiger partial charge in [0.15, 0.2) is 5.78 Å². The molecular formula is C20H19ClN5O+. The number of carbonyl (C=O) groups is 1. The second-order valence-electron chi connectivity index (χ2n) is 6.02. The van der Waals surface area contributed by atoms with Crippen LogP contribution in [0.4, 0.5) is 11.6 Å². The first-order valence-electron chi connectivity index (χ1n) is 8.30. The Bertz CT molecular complexity index is 998. The number of anilines is 1. The predicted octanol–water partition coefficient (Wildman–Crippen LogP) is 2.12. The molecule has 0 saturated carbocycles. The second kappa shape index (κ2) is 7.97. The van der Waals surface area contributed by atoms with E-state index in [1.807, 2.05) is 38.1 Å². The maximum atomic E-state index is 12.9. The van der Waals surface area contributed by atoms with E-state index in [0.29, 0.717) is 27.8 Å². The topological polar surface area (TPSA) is 94.9 Å². The summed E-state index contributed by atoms with van der Waals surface area (Å²) >= 11 is 6.10. The molecule has 2 aromatic carbocycles. The molecule has 0 fully saturated rings. The highest BCUT2D eigenvalue weighted by Crippen LogP contribution is 2.23. The molecule has 0 aliphatic rings. The molecule has 0 aliphatic heterocycles. The normalized spacial score (nSPS) is 11.3. The van der Waals surface area contributed by atoms with Crippen LogP contribution in [0.1, 0.15) is 27.3 Å². The van der Waals surface area contributed by atoms with E-state index >= 15 is 0 Å². The molecule has 0 spiro atoms. The molecule has 7 heteroatoms. The van der Waals surface area contributed by atoms with Crippen molar-refractivity contribution in [2.24, 2.45) is 5.73 Å². The third kappa shape index (κ3) is 4.68. The molecule has 0 saturated heterocycles. The van der Waals surface area contributed by atoms with E-state index in [9.17, 15) is 4.79 Å².